The Hall–Kier alpha value is -1.16. The van der Waals surface area contributed by atoms with E-state index in [0.29, 0.717) is 5.92 Å². The van der Waals surface area contributed by atoms with Gasteiger partial charge in [-0.05, 0) is 30.5 Å². The molecule has 0 radical (unpaired) electrons. The standard InChI is InChI=1S/C15H22O3S/c1-10(2)13-6-8-14(9-7-13)19(17)12(4)11(3)15(16)18-5/h6-12H,1-5H3. The predicted octanol–water partition coefficient (Wildman–Crippen LogP) is 3.12. The SMILES string of the molecule is COC(=O)C(C)C(C)S(=O)c1ccc(C(C)C)cc1. The average Bonchev–Trinajstić information content (AvgIpc) is 2.44. The largest absolute Gasteiger partial charge is 0.469 e. The Kier molecular flexibility index (Phi) is 5.73. The number of hydrogen-bond acceptors (Lipinski definition) is 3. The first-order valence-electron chi connectivity index (χ1n) is 6.46. The highest BCUT2D eigenvalue weighted by molar-refractivity contribution is 7.85. The van der Waals surface area contributed by atoms with Gasteiger partial charge in [0.1, 0.15) is 0 Å². The Bertz CT molecular complexity index is 451. The van der Waals surface area contributed by atoms with Crippen LogP contribution in [-0.4, -0.2) is 22.5 Å². The second-order valence-corrected chi connectivity index (χ2v) is 6.85. The van der Waals surface area contributed by atoms with Crippen molar-refractivity contribution in [3.8, 4) is 0 Å². The molecule has 0 aromatic heterocycles. The molecule has 0 fully saturated rings. The summed E-state index contributed by atoms with van der Waals surface area (Å²) in [5.41, 5.74) is 1.22. The Morgan fingerprint density at radius 2 is 1.63 bits per heavy atom. The highest BCUT2D eigenvalue weighted by Gasteiger charge is 2.26. The van der Waals surface area contributed by atoms with Gasteiger partial charge in [0.2, 0.25) is 0 Å². The highest BCUT2D eigenvalue weighted by Crippen LogP contribution is 2.21. The molecule has 0 aliphatic heterocycles. The smallest absolute Gasteiger partial charge is 0.309 e. The summed E-state index contributed by atoms with van der Waals surface area (Å²) in [5, 5.41) is -0.266. The minimum Gasteiger partial charge on any atom is -0.469 e. The third-order valence-electron chi connectivity index (χ3n) is 3.39. The van der Waals surface area contributed by atoms with Gasteiger partial charge in [0.25, 0.3) is 0 Å². The molecule has 0 aliphatic carbocycles. The zero-order valence-corrected chi connectivity index (χ0v) is 13.0. The van der Waals surface area contributed by atoms with Crippen molar-refractivity contribution in [1.29, 1.82) is 0 Å². The van der Waals surface area contributed by atoms with Crippen LogP contribution in [0.1, 0.15) is 39.2 Å². The molecule has 0 bridgehead atoms. The van der Waals surface area contributed by atoms with E-state index in [2.05, 4.69) is 13.8 Å². The number of carbonyl (C=O) groups excluding carboxylic acids is 1. The Morgan fingerprint density at radius 3 is 2.05 bits per heavy atom. The van der Waals surface area contributed by atoms with Crippen LogP contribution < -0.4 is 0 Å². The first-order chi connectivity index (χ1) is 8.88. The van der Waals surface area contributed by atoms with Crippen LogP contribution in [-0.2, 0) is 20.3 Å². The van der Waals surface area contributed by atoms with Gasteiger partial charge in [0, 0.05) is 10.1 Å². The molecule has 3 nitrogen and oxygen atoms in total. The van der Waals surface area contributed by atoms with Crippen molar-refractivity contribution < 1.29 is 13.7 Å². The fraction of sp³-hybridized carbons (Fsp3) is 0.533. The van der Waals surface area contributed by atoms with Gasteiger partial charge in [0.05, 0.1) is 23.8 Å². The molecule has 1 aromatic carbocycles. The van der Waals surface area contributed by atoms with Crippen molar-refractivity contribution in [2.75, 3.05) is 7.11 Å². The lowest BCUT2D eigenvalue weighted by molar-refractivity contribution is -0.144. The maximum Gasteiger partial charge on any atom is 0.309 e. The molecular weight excluding hydrogens is 260 g/mol. The molecule has 106 valence electrons. The zero-order chi connectivity index (χ0) is 14.6. The molecule has 0 saturated carbocycles. The van der Waals surface area contributed by atoms with Crippen LogP contribution in [0.3, 0.4) is 0 Å². The van der Waals surface area contributed by atoms with Gasteiger partial charge in [-0.15, -0.1) is 0 Å². The molecule has 1 rings (SSSR count). The molecule has 0 aliphatic rings. The van der Waals surface area contributed by atoms with Crippen molar-refractivity contribution >= 4 is 16.8 Å². The van der Waals surface area contributed by atoms with Crippen molar-refractivity contribution in [2.45, 2.75) is 43.8 Å². The van der Waals surface area contributed by atoms with Crippen LogP contribution in [0, 0.1) is 5.92 Å². The zero-order valence-electron chi connectivity index (χ0n) is 12.2. The number of methoxy groups -OCH3 is 1. The lowest BCUT2D eigenvalue weighted by Crippen LogP contribution is -2.28. The first-order valence-corrected chi connectivity index (χ1v) is 7.68. The lowest BCUT2D eigenvalue weighted by atomic mass is 10.0. The molecule has 19 heavy (non-hydrogen) atoms. The quantitative estimate of drug-likeness (QED) is 0.779. The summed E-state index contributed by atoms with van der Waals surface area (Å²) >= 11 is 0. The van der Waals surface area contributed by atoms with Crippen LogP contribution in [0.4, 0.5) is 0 Å². The summed E-state index contributed by atoms with van der Waals surface area (Å²) in [4.78, 5) is 12.2. The van der Waals surface area contributed by atoms with E-state index in [1.54, 1.807) is 6.92 Å². The second kappa shape index (κ2) is 6.85. The van der Waals surface area contributed by atoms with Crippen LogP contribution >= 0.6 is 0 Å². The van der Waals surface area contributed by atoms with E-state index in [0.717, 1.165) is 4.90 Å². The van der Waals surface area contributed by atoms with Crippen LogP contribution in [0.25, 0.3) is 0 Å². The van der Waals surface area contributed by atoms with E-state index in [9.17, 15) is 9.00 Å². The van der Waals surface area contributed by atoms with Crippen molar-refractivity contribution in [3.63, 3.8) is 0 Å². The van der Waals surface area contributed by atoms with Crippen molar-refractivity contribution in [1.82, 2.24) is 0 Å². The van der Waals surface area contributed by atoms with Crippen molar-refractivity contribution in [3.05, 3.63) is 29.8 Å². The number of benzene rings is 1. The minimum atomic E-state index is -1.20. The van der Waals surface area contributed by atoms with E-state index in [1.807, 2.05) is 31.2 Å². The number of carbonyl (C=O) groups is 1. The van der Waals surface area contributed by atoms with Gasteiger partial charge in [-0.1, -0.05) is 32.9 Å². The first kappa shape index (κ1) is 15.9. The third kappa shape index (κ3) is 3.90. The van der Waals surface area contributed by atoms with Gasteiger partial charge >= 0.3 is 5.97 Å². The van der Waals surface area contributed by atoms with Crippen LogP contribution in [0.2, 0.25) is 0 Å². The lowest BCUT2D eigenvalue weighted by Gasteiger charge is -2.17. The minimum absolute atomic E-state index is 0.266. The highest BCUT2D eigenvalue weighted by atomic mass is 32.2. The average molecular weight is 282 g/mol. The maximum absolute atomic E-state index is 12.4. The summed E-state index contributed by atoms with van der Waals surface area (Å²) in [7, 11) is 0.150. The van der Waals surface area contributed by atoms with E-state index in [4.69, 9.17) is 4.74 Å². The third-order valence-corrected chi connectivity index (χ3v) is 5.21. The molecule has 3 unspecified atom stereocenters. The molecule has 0 heterocycles. The van der Waals surface area contributed by atoms with Gasteiger partial charge in [-0.2, -0.15) is 0 Å². The Balaban J connectivity index is 2.85. The topological polar surface area (TPSA) is 43.4 Å². The normalized spacial score (nSPS) is 15.9. The summed E-state index contributed by atoms with van der Waals surface area (Å²) in [5.74, 6) is -0.246. The molecule has 3 atom stereocenters. The molecular formula is C15H22O3S. The van der Waals surface area contributed by atoms with E-state index >= 15 is 0 Å². The summed E-state index contributed by atoms with van der Waals surface area (Å²) in [6.07, 6.45) is 0. The Labute approximate surface area is 117 Å². The van der Waals surface area contributed by atoms with E-state index in [1.165, 1.54) is 12.7 Å². The molecule has 0 N–H and O–H groups in total. The molecule has 0 spiro atoms. The predicted molar refractivity (Wildman–Crippen MR) is 77.6 cm³/mol. The monoisotopic (exact) mass is 282 g/mol. The second-order valence-electron chi connectivity index (χ2n) is 5.04. The molecule has 1 aromatic rings. The van der Waals surface area contributed by atoms with E-state index in [-0.39, 0.29) is 17.1 Å². The fourth-order valence-electron chi connectivity index (χ4n) is 1.76. The van der Waals surface area contributed by atoms with Crippen LogP contribution in [0.5, 0.6) is 0 Å². The fourth-order valence-corrected chi connectivity index (χ4v) is 3.08. The van der Waals surface area contributed by atoms with Gasteiger partial charge in [-0.25, -0.2) is 0 Å². The van der Waals surface area contributed by atoms with E-state index < -0.39 is 10.8 Å². The number of esters is 1. The summed E-state index contributed by atoms with van der Waals surface area (Å²) < 4.78 is 17.1. The number of ether oxygens (including phenoxy) is 1. The summed E-state index contributed by atoms with van der Waals surface area (Å²) in [6.45, 7) is 7.80. The van der Waals surface area contributed by atoms with Gasteiger partial charge < -0.3 is 4.74 Å². The van der Waals surface area contributed by atoms with Crippen molar-refractivity contribution in [2.24, 2.45) is 5.92 Å². The number of hydrogen-bond donors (Lipinski definition) is 0. The maximum atomic E-state index is 12.4. The summed E-state index contributed by atoms with van der Waals surface area (Å²) in [6, 6.07) is 7.75. The Morgan fingerprint density at radius 1 is 1.11 bits per heavy atom. The van der Waals surface area contributed by atoms with Gasteiger partial charge in [0.15, 0.2) is 0 Å². The molecule has 0 amide bonds. The number of rotatable bonds is 5. The molecule has 4 heteroatoms. The van der Waals surface area contributed by atoms with Gasteiger partial charge in [-0.3, -0.25) is 9.00 Å². The van der Waals surface area contributed by atoms with Crippen LogP contribution in [0.15, 0.2) is 29.2 Å². The molecule has 0 saturated heterocycles.